The van der Waals surface area contributed by atoms with Crippen molar-refractivity contribution in [2.45, 2.75) is 39.3 Å². The number of nitrogens with one attached hydrogen (secondary N) is 1. The number of carboxylic acids is 1. The van der Waals surface area contributed by atoms with Crippen LogP contribution in [0.3, 0.4) is 0 Å². The highest BCUT2D eigenvalue weighted by Gasteiger charge is 2.23. The molecule has 100 valence electrons. The summed E-state index contributed by atoms with van der Waals surface area (Å²) in [6.07, 6.45) is -0.702. The minimum Gasteiger partial charge on any atom is -0.480 e. The van der Waals surface area contributed by atoms with Crippen molar-refractivity contribution in [3.05, 3.63) is 0 Å². The van der Waals surface area contributed by atoms with Gasteiger partial charge in [-0.15, -0.1) is 0 Å². The molecule has 0 fully saturated rings. The van der Waals surface area contributed by atoms with Gasteiger partial charge < -0.3 is 15.2 Å². The molecule has 0 aliphatic heterocycles. The second-order valence-electron chi connectivity index (χ2n) is 4.23. The standard InChI is InChI=1S/C10H19NO4S2/c1-5-16-17-6-7(8(12)13)11-9(14)15-10(2,3)4/h7H,5-6H2,1-4H3,(H,11,14)(H,12,13)/t7-/m0/s1. The first-order chi connectivity index (χ1) is 7.76. The molecule has 0 aromatic carbocycles. The van der Waals surface area contributed by atoms with Crippen LogP contribution in [0.1, 0.15) is 27.7 Å². The highest BCUT2D eigenvalue weighted by atomic mass is 33.1. The molecule has 7 heteroatoms. The number of carbonyl (C=O) groups is 2. The Labute approximate surface area is 109 Å². The molecule has 1 amide bonds. The monoisotopic (exact) mass is 281 g/mol. The quantitative estimate of drug-likeness (QED) is 0.575. The van der Waals surface area contributed by atoms with Gasteiger partial charge in [0.2, 0.25) is 0 Å². The minimum atomic E-state index is -1.06. The minimum absolute atomic E-state index is 0.313. The average molecular weight is 281 g/mol. The van der Waals surface area contributed by atoms with Gasteiger partial charge in [0.25, 0.3) is 0 Å². The van der Waals surface area contributed by atoms with Gasteiger partial charge in [-0.3, -0.25) is 0 Å². The van der Waals surface area contributed by atoms with Crippen LogP contribution < -0.4 is 5.32 Å². The van der Waals surface area contributed by atoms with Gasteiger partial charge in [0.1, 0.15) is 11.6 Å². The van der Waals surface area contributed by atoms with Crippen LogP contribution in [0.4, 0.5) is 4.79 Å². The molecule has 0 aromatic heterocycles. The fraction of sp³-hybridized carbons (Fsp3) is 0.800. The topological polar surface area (TPSA) is 75.6 Å². The number of carbonyl (C=O) groups excluding carboxylic acids is 1. The van der Waals surface area contributed by atoms with Crippen molar-refractivity contribution in [2.75, 3.05) is 11.5 Å². The molecule has 0 rings (SSSR count). The maximum atomic E-state index is 11.4. The Bertz CT molecular complexity index is 266. The van der Waals surface area contributed by atoms with Gasteiger partial charge in [-0.25, -0.2) is 9.59 Å². The number of hydrogen-bond acceptors (Lipinski definition) is 5. The van der Waals surface area contributed by atoms with Crippen LogP contribution in [0.25, 0.3) is 0 Å². The van der Waals surface area contributed by atoms with E-state index < -0.39 is 23.7 Å². The van der Waals surface area contributed by atoms with E-state index in [1.54, 1.807) is 31.6 Å². The lowest BCUT2D eigenvalue weighted by molar-refractivity contribution is -0.138. The molecule has 0 saturated carbocycles. The third-order valence-electron chi connectivity index (χ3n) is 1.42. The Balaban J connectivity index is 4.16. The van der Waals surface area contributed by atoms with Crippen molar-refractivity contribution in [1.29, 1.82) is 0 Å². The SMILES string of the molecule is CCSSC[C@H](NC(=O)OC(C)(C)C)C(=O)O. The van der Waals surface area contributed by atoms with Crippen LogP contribution in [0.2, 0.25) is 0 Å². The molecule has 0 unspecified atom stereocenters. The molecule has 0 saturated heterocycles. The predicted molar refractivity (Wildman–Crippen MR) is 71.4 cm³/mol. The van der Waals surface area contributed by atoms with Crippen LogP contribution in [0.15, 0.2) is 0 Å². The highest BCUT2D eigenvalue weighted by molar-refractivity contribution is 8.76. The summed E-state index contributed by atoms with van der Waals surface area (Å²) in [6.45, 7) is 7.16. The van der Waals surface area contributed by atoms with Crippen molar-refractivity contribution >= 4 is 33.7 Å². The third kappa shape index (κ3) is 9.17. The number of ether oxygens (including phenoxy) is 1. The lowest BCUT2D eigenvalue weighted by Crippen LogP contribution is -2.44. The van der Waals surface area contributed by atoms with E-state index in [9.17, 15) is 9.59 Å². The summed E-state index contributed by atoms with van der Waals surface area (Å²) in [5.74, 6) is 0.149. The van der Waals surface area contributed by atoms with E-state index in [2.05, 4.69) is 5.32 Å². The molecule has 0 heterocycles. The van der Waals surface area contributed by atoms with Gasteiger partial charge in [-0.05, 0) is 20.8 Å². The molecule has 0 radical (unpaired) electrons. The molecule has 0 bridgehead atoms. The second-order valence-corrected chi connectivity index (χ2v) is 7.02. The molecule has 17 heavy (non-hydrogen) atoms. The van der Waals surface area contributed by atoms with E-state index in [0.29, 0.717) is 5.75 Å². The maximum absolute atomic E-state index is 11.4. The first-order valence-electron chi connectivity index (χ1n) is 5.23. The first-order valence-corrected chi connectivity index (χ1v) is 7.71. The third-order valence-corrected chi connectivity index (χ3v) is 3.91. The Kier molecular flexibility index (Phi) is 7.45. The van der Waals surface area contributed by atoms with Gasteiger partial charge in [0, 0.05) is 11.5 Å². The van der Waals surface area contributed by atoms with Crippen molar-refractivity contribution in [2.24, 2.45) is 0 Å². The van der Waals surface area contributed by atoms with Crippen LogP contribution in [-0.2, 0) is 9.53 Å². The van der Waals surface area contributed by atoms with Gasteiger partial charge in [-0.2, -0.15) is 0 Å². The van der Waals surface area contributed by atoms with E-state index in [4.69, 9.17) is 9.84 Å². The van der Waals surface area contributed by atoms with E-state index in [-0.39, 0.29) is 0 Å². The molecule has 2 N–H and O–H groups in total. The molecule has 0 spiro atoms. The summed E-state index contributed by atoms with van der Waals surface area (Å²) >= 11 is 0. The zero-order valence-corrected chi connectivity index (χ0v) is 12.1. The maximum Gasteiger partial charge on any atom is 0.408 e. The fourth-order valence-electron chi connectivity index (χ4n) is 0.824. The summed E-state index contributed by atoms with van der Waals surface area (Å²) in [7, 11) is 2.97. The van der Waals surface area contributed by atoms with Gasteiger partial charge in [0.15, 0.2) is 0 Å². The van der Waals surface area contributed by atoms with Gasteiger partial charge in [0.05, 0.1) is 0 Å². The normalized spacial score (nSPS) is 12.9. The lowest BCUT2D eigenvalue weighted by atomic mass is 10.2. The molecule has 0 aliphatic carbocycles. The Morgan fingerprint density at radius 1 is 1.35 bits per heavy atom. The summed E-state index contributed by atoms with van der Waals surface area (Å²) < 4.78 is 5.00. The smallest absolute Gasteiger partial charge is 0.408 e. The lowest BCUT2D eigenvalue weighted by Gasteiger charge is -2.21. The first kappa shape index (κ1) is 16.4. The van der Waals surface area contributed by atoms with E-state index in [0.717, 1.165) is 5.75 Å². The van der Waals surface area contributed by atoms with E-state index in [1.807, 2.05) is 6.92 Å². The van der Waals surface area contributed by atoms with E-state index >= 15 is 0 Å². The number of aliphatic carboxylic acids is 1. The number of amides is 1. The fourth-order valence-corrected chi connectivity index (χ4v) is 2.65. The Hall–Kier alpha value is -0.560. The summed E-state index contributed by atoms with van der Waals surface area (Å²) in [5.41, 5.74) is -0.627. The van der Waals surface area contributed by atoms with Crippen molar-refractivity contribution < 1.29 is 19.4 Å². The number of carboxylic acid groups (broad SMARTS) is 1. The summed E-state index contributed by atoms with van der Waals surface area (Å²) in [4.78, 5) is 22.3. The van der Waals surface area contributed by atoms with E-state index in [1.165, 1.54) is 10.8 Å². The average Bonchev–Trinajstić information content (AvgIpc) is 2.13. The Morgan fingerprint density at radius 2 is 1.94 bits per heavy atom. The molecule has 5 nitrogen and oxygen atoms in total. The van der Waals surface area contributed by atoms with Crippen molar-refractivity contribution in [1.82, 2.24) is 5.32 Å². The second kappa shape index (κ2) is 7.71. The van der Waals surface area contributed by atoms with Crippen LogP contribution in [0.5, 0.6) is 0 Å². The molecule has 0 aromatic rings. The zero-order chi connectivity index (χ0) is 13.5. The summed E-state index contributed by atoms with van der Waals surface area (Å²) in [5, 5.41) is 11.3. The number of rotatable bonds is 6. The van der Waals surface area contributed by atoms with Crippen LogP contribution in [-0.4, -0.2) is 40.3 Å². The highest BCUT2D eigenvalue weighted by Crippen LogP contribution is 2.21. The van der Waals surface area contributed by atoms with Gasteiger partial charge >= 0.3 is 12.1 Å². The summed E-state index contributed by atoms with van der Waals surface area (Å²) in [6, 6.07) is -0.922. The Morgan fingerprint density at radius 3 is 2.35 bits per heavy atom. The molecular formula is C10H19NO4S2. The van der Waals surface area contributed by atoms with Gasteiger partial charge in [-0.1, -0.05) is 28.5 Å². The molecule has 1 atom stereocenters. The van der Waals surface area contributed by atoms with Crippen molar-refractivity contribution in [3.63, 3.8) is 0 Å². The predicted octanol–water partition coefficient (Wildman–Crippen LogP) is 2.37. The molecular weight excluding hydrogens is 262 g/mol. The van der Waals surface area contributed by atoms with Crippen molar-refractivity contribution in [3.8, 4) is 0 Å². The zero-order valence-electron chi connectivity index (χ0n) is 10.5. The van der Waals surface area contributed by atoms with Crippen LogP contribution in [0, 0.1) is 0 Å². The largest absolute Gasteiger partial charge is 0.480 e. The number of alkyl carbamates (subject to hydrolysis) is 1. The van der Waals surface area contributed by atoms with Crippen LogP contribution >= 0.6 is 21.6 Å². The number of hydrogen-bond donors (Lipinski definition) is 2. The molecule has 0 aliphatic rings.